The van der Waals surface area contributed by atoms with Crippen molar-refractivity contribution >= 4 is 6.29 Å². The first kappa shape index (κ1) is 14.5. The van der Waals surface area contributed by atoms with Gasteiger partial charge < -0.3 is 14.6 Å². The molecule has 4 heteroatoms. The lowest BCUT2D eigenvalue weighted by Gasteiger charge is -2.25. The molecule has 0 aliphatic heterocycles. The molecule has 0 atom stereocenters. The Labute approximate surface area is 108 Å². The van der Waals surface area contributed by atoms with Crippen LogP contribution >= 0.6 is 0 Å². The van der Waals surface area contributed by atoms with Crippen LogP contribution in [-0.4, -0.2) is 30.7 Å². The predicted octanol–water partition coefficient (Wildman–Crippen LogP) is 2.44. The third-order valence-corrected chi connectivity index (χ3v) is 3.16. The van der Waals surface area contributed by atoms with Gasteiger partial charge in [0.1, 0.15) is 18.1 Å². The Morgan fingerprint density at radius 3 is 2.50 bits per heavy atom. The summed E-state index contributed by atoms with van der Waals surface area (Å²) in [5.74, 6) is 1.05. The molecule has 0 unspecified atom stereocenters. The molecule has 0 aromatic heterocycles. The molecule has 0 saturated heterocycles. The molecule has 1 aromatic rings. The highest BCUT2D eigenvalue weighted by Gasteiger charge is 2.23. The molecular formula is C14H20O4. The third kappa shape index (κ3) is 3.47. The van der Waals surface area contributed by atoms with E-state index in [-0.39, 0.29) is 6.61 Å². The number of rotatable bonds is 7. The van der Waals surface area contributed by atoms with Gasteiger partial charge in [-0.3, -0.25) is 4.79 Å². The van der Waals surface area contributed by atoms with E-state index in [2.05, 4.69) is 0 Å². The van der Waals surface area contributed by atoms with E-state index in [1.165, 1.54) is 0 Å². The van der Waals surface area contributed by atoms with Crippen LogP contribution in [0.15, 0.2) is 18.2 Å². The molecule has 0 amide bonds. The van der Waals surface area contributed by atoms with Crippen LogP contribution in [0.5, 0.6) is 11.5 Å². The minimum Gasteiger partial charge on any atom is -0.497 e. The van der Waals surface area contributed by atoms with Crippen molar-refractivity contribution in [3.63, 3.8) is 0 Å². The molecule has 1 N–H and O–H groups in total. The Morgan fingerprint density at radius 2 is 2.00 bits per heavy atom. The Morgan fingerprint density at radius 1 is 1.33 bits per heavy atom. The SMILES string of the molecule is CCC(O)(CC)COc1cc(OC)ccc1C=O. The summed E-state index contributed by atoms with van der Waals surface area (Å²) in [7, 11) is 1.55. The fourth-order valence-corrected chi connectivity index (χ4v) is 1.53. The number of hydrogen-bond donors (Lipinski definition) is 1. The average molecular weight is 252 g/mol. The second-order valence-corrected chi connectivity index (χ2v) is 4.24. The fraction of sp³-hybridized carbons (Fsp3) is 0.500. The second-order valence-electron chi connectivity index (χ2n) is 4.24. The van der Waals surface area contributed by atoms with Crippen LogP contribution in [0.25, 0.3) is 0 Å². The summed E-state index contributed by atoms with van der Waals surface area (Å²) in [6.07, 6.45) is 1.93. The lowest BCUT2D eigenvalue weighted by atomic mass is 9.99. The van der Waals surface area contributed by atoms with Crippen LogP contribution in [0.4, 0.5) is 0 Å². The zero-order chi connectivity index (χ0) is 13.6. The molecule has 0 aliphatic rings. The van der Waals surface area contributed by atoms with Gasteiger partial charge in [-0.05, 0) is 25.0 Å². The van der Waals surface area contributed by atoms with E-state index in [1.807, 2.05) is 13.8 Å². The molecule has 0 heterocycles. The van der Waals surface area contributed by atoms with Crippen molar-refractivity contribution in [3.05, 3.63) is 23.8 Å². The monoisotopic (exact) mass is 252 g/mol. The van der Waals surface area contributed by atoms with Crippen LogP contribution in [-0.2, 0) is 0 Å². The van der Waals surface area contributed by atoms with Gasteiger partial charge in [0.25, 0.3) is 0 Å². The normalized spacial score (nSPS) is 11.1. The van der Waals surface area contributed by atoms with E-state index in [9.17, 15) is 9.90 Å². The van der Waals surface area contributed by atoms with Crippen molar-refractivity contribution in [3.8, 4) is 11.5 Å². The van der Waals surface area contributed by atoms with Gasteiger partial charge in [0, 0.05) is 6.07 Å². The molecule has 18 heavy (non-hydrogen) atoms. The van der Waals surface area contributed by atoms with E-state index >= 15 is 0 Å². The quantitative estimate of drug-likeness (QED) is 0.757. The molecule has 0 bridgehead atoms. The molecule has 1 rings (SSSR count). The highest BCUT2D eigenvalue weighted by atomic mass is 16.5. The maximum Gasteiger partial charge on any atom is 0.153 e. The first-order chi connectivity index (χ1) is 8.58. The summed E-state index contributed by atoms with van der Waals surface area (Å²) in [6.45, 7) is 3.96. The molecular weight excluding hydrogens is 232 g/mol. The molecule has 0 fully saturated rings. The standard InChI is InChI=1S/C14H20O4/c1-4-14(16,5-2)10-18-13-8-12(17-3)7-6-11(13)9-15/h6-9,16H,4-5,10H2,1-3H3. The minimum absolute atomic E-state index is 0.161. The van der Waals surface area contributed by atoms with Gasteiger partial charge in [0.15, 0.2) is 6.29 Å². The average Bonchev–Trinajstić information content (AvgIpc) is 2.44. The van der Waals surface area contributed by atoms with Gasteiger partial charge in [-0.2, -0.15) is 0 Å². The van der Waals surface area contributed by atoms with E-state index < -0.39 is 5.60 Å². The molecule has 0 spiro atoms. The molecule has 0 radical (unpaired) electrons. The Hall–Kier alpha value is -1.55. The number of methoxy groups -OCH3 is 1. The Bertz CT molecular complexity index is 397. The van der Waals surface area contributed by atoms with Crippen molar-refractivity contribution in [1.82, 2.24) is 0 Å². The summed E-state index contributed by atoms with van der Waals surface area (Å²) in [6, 6.07) is 4.98. The maximum absolute atomic E-state index is 10.9. The highest BCUT2D eigenvalue weighted by Crippen LogP contribution is 2.25. The number of ether oxygens (including phenoxy) is 2. The van der Waals surface area contributed by atoms with E-state index in [0.29, 0.717) is 29.9 Å². The topological polar surface area (TPSA) is 55.8 Å². The molecule has 100 valence electrons. The Kier molecular flexibility index (Phi) is 5.16. The highest BCUT2D eigenvalue weighted by molar-refractivity contribution is 5.79. The number of aldehydes is 1. The van der Waals surface area contributed by atoms with Crippen LogP contribution in [0.1, 0.15) is 37.0 Å². The van der Waals surface area contributed by atoms with Crippen LogP contribution in [0, 0.1) is 0 Å². The van der Waals surface area contributed by atoms with Crippen molar-refractivity contribution in [2.45, 2.75) is 32.3 Å². The molecule has 0 saturated carbocycles. The number of hydrogen-bond acceptors (Lipinski definition) is 4. The largest absolute Gasteiger partial charge is 0.497 e. The number of carbonyl (C=O) groups excluding carboxylic acids is 1. The minimum atomic E-state index is -0.858. The van der Waals surface area contributed by atoms with Crippen LogP contribution in [0.3, 0.4) is 0 Å². The van der Waals surface area contributed by atoms with Gasteiger partial charge in [-0.15, -0.1) is 0 Å². The van der Waals surface area contributed by atoms with E-state index in [1.54, 1.807) is 25.3 Å². The van der Waals surface area contributed by atoms with Gasteiger partial charge in [0.2, 0.25) is 0 Å². The van der Waals surface area contributed by atoms with Crippen molar-refractivity contribution in [2.75, 3.05) is 13.7 Å². The van der Waals surface area contributed by atoms with Crippen molar-refractivity contribution in [2.24, 2.45) is 0 Å². The van der Waals surface area contributed by atoms with Crippen molar-refractivity contribution < 1.29 is 19.4 Å². The molecule has 4 nitrogen and oxygen atoms in total. The Balaban J connectivity index is 2.85. The third-order valence-electron chi connectivity index (χ3n) is 3.16. The molecule has 0 aliphatic carbocycles. The number of carbonyl (C=O) groups is 1. The number of benzene rings is 1. The summed E-state index contributed by atoms with van der Waals surface area (Å²) < 4.78 is 10.6. The predicted molar refractivity (Wildman–Crippen MR) is 69.4 cm³/mol. The summed E-state index contributed by atoms with van der Waals surface area (Å²) in [5.41, 5.74) is -0.409. The van der Waals surface area contributed by atoms with Gasteiger partial charge in [-0.1, -0.05) is 13.8 Å². The smallest absolute Gasteiger partial charge is 0.153 e. The lowest BCUT2D eigenvalue weighted by molar-refractivity contribution is -0.0115. The first-order valence-electron chi connectivity index (χ1n) is 6.07. The number of aliphatic hydroxyl groups is 1. The fourth-order valence-electron chi connectivity index (χ4n) is 1.53. The van der Waals surface area contributed by atoms with E-state index in [4.69, 9.17) is 9.47 Å². The first-order valence-corrected chi connectivity index (χ1v) is 6.07. The summed E-state index contributed by atoms with van der Waals surface area (Å²) >= 11 is 0. The van der Waals surface area contributed by atoms with Crippen molar-refractivity contribution in [1.29, 1.82) is 0 Å². The van der Waals surface area contributed by atoms with Gasteiger partial charge in [-0.25, -0.2) is 0 Å². The van der Waals surface area contributed by atoms with Crippen LogP contribution in [0.2, 0.25) is 0 Å². The lowest BCUT2D eigenvalue weighted by Crippen LogP contribution is -2.34. The van der Waals surface area contributed by atoms with Gasteiger partial charge >= 0.3 is 0 Å². The second kappa shape index (κ2) is 6.40. The maximum atomic E-state index is 10.9. The zero-order valence-electron chi connectivity index (χ0n) is 11.1. The summed E-state index contributed by atoms with van der Waals surface area (Å²) in [4.78, 5) is 10.9. The van der Waals surface area contributed by atoms with Crippen LogP contribution < -0.4 is 9.47 Å². The summed E-state index contributed by atoms with van der Waals surface area (Å²) in [5, 5.41) is 10.1. The van der Waals surface area contributed by atoms with E-state index in [0.717, 1.165) is 6.29 Å². The zero-order valence-corrected chi connectivity index (χ0v) is 11.1. The molecule has 1 aromatic carbocycles. The van der Waals surface area contributed by atoms with Gasteiger partial charge in [0.05, 0.1) is 18.3 Å².